The van der Waals surface area contributed by atoms with Gasteiger partial charge in [-0.2, -0.15) is 5.26 Å². The van der Waals surface area contributed by atoms with Crippen LogP contribution in [-0.2, 0) is 16.1 Å². The van der Waals surface area contributed by atoms with E-state index in [0.29, 0.717) is 34.9 Å². The van der Waals surface area contributed by atoms with E-state index < -0.39 is 11.9 Å². The Bertz CT molecular complexity index is 1260. The van der Waals surface area contributed by atoms with Crippen LogP contribution in [0.3, 0.4) is 0 Å². The maximum absolute atomic E-state index is 12.8. The Hall–Kier alpha value is -4.57. The molecule has 3 aromatic carbocycles. The second-order valence-corrected chi connectivity index (χ2v) is 7.60. The normalized spacial score (nSPS) is 10.7. The molecule has 0 spiro atoms. The van der Waals surface area contributed by atoms with Crippen LogP contribution in [0.15, 0.2) is 72.3 Å². The average molecular weight is 471 g/mol. The SMILES string of the molecule is CCOC(=O)c1ccc(NC(=O)/C(C#N)=C/c2ccc(OC)cc2OCc2ccc(C)cc2)cc1. The zero-order valence-corrected chi connectivity index (χ0v) is 19.8. The third-order valence-electron chi connectivity index (χ3n) is 5.05. The van der Waals surface area contributed by atoms with E-state index >= 15 is 0 Å². The summed E-state index contributed by atoms with van der Waals surface area (Å²) in [5.74, 6) is 0.0346. The number of methoxy groups -OCH3 is 1. The van der Waals surface area contributed by atoms with Gasteiger partial charge in [-0.25, -0.2) is 4.79 Å². The fourth-order valence-corrected chi connectivity index (χ4v) is 3.14. The number of aryl methyl sites for hydroxylation is 1. The van der Waals surface area contributed by atoms with Gasteiger partial charge in [0.15, 0.2) is 0 Å². The van der Waals surface area contributed by atoms with Gasteiger partial charge < -0.3 is 19.5 Å². The number of hydrogen-bond donors (Lipinski definition) is 1. The van der Waals surface area contributed by atoms with Crippen molar-refractivity contribution >= 4 is 23.6 Å². The van der Waals surface area contributed by atoms with E-state index in [1.54, 1.807) is 56.5 Å². The third kappa shape index (κ3) is 6.95. The predicted molar refractivity (Wildman–Crippen MR) is 133 cm³/mol. The van der Waals surface area contributed by atoms with E-state index in [-0.39, 0.29) is 12.2 Å². The van der Waals surface area contributed by atoms with E-state index in [1.165, 1.54) is 6.08 Å². The topological polar surface area (TPSA) is 97.7 Å². The van der Waals surface area contributed by atoms with Gasteiger partial charge in [0.2, 0.25) is 0 Å². The van der Waals surface area contributed by atoms with E-state index in [2.05, 4.69) is 5.32 Å². The molecule has 0 fully saturated rings. The Labute approximate surface area is 204 Å². The minimum atomic E-state index is -0.586. The van der Waals surface area contributed by atoms with Gasteiger partial charge in [0.1, 0.15) is 29.7 Å². The Balaban J connectivity index is 1.79. The van der Waals surface area contributed by atoms with Crippen LogP contribution in [0.1, 0.15) is 34.0 Å². The number of ether oxygens (including phenoxy) is 3. The number of nitriles is 1. The van der Waals surface area contributed by atoms with Crippen LogP contribution < -0.4 is 14.8 Å². The summed E-state index contributed by atoms with van der Waals surface area (Å²) in [5.41, 5.74) is 3.40. The van der Waals surface area contributed by atoms with Crippen molar-refractivity contribution < 1.29 is 23.8 Å². The molecule has 0 aliphatic carbocycles. The van der Waals surface area contributed by atoms with Gasteiger partial charge in [-0.15, -0.1) is 0 Å². The standard InChI is InChI=1S/C28H26N2O5/c1-4-34-28(32)21-9-12-24(13-10-21)30-27(31)23(17-29)15-22-11-14-25(33-3)16-26(22)35-18-20-7-5-19(2)6-8-20/h5-16H,4,18H2,1-3H3,(H,30,31)/b23-15+. The van der Waals surface area contributed by atoms with E-state index in [0.717, 1.165) is 11.1 Å². The molecule has 0 saturated carbocycles. The smallest absolute Gasteiger partial charge is 0.338 e. The number of benzene rings is 3. The summed E-state index contributed by atoms with van der Waals surface area (Å²) in [5, 5.41) is 12.3. The van der Waals surface area contributed by atoms with Crippen LogP contribution in [0, 0.1) is 18.3 Å². The second kappa shape index (κ2) is 12.1. The first-order valence-corrected chi connectivity index (χ1v) is 11.0. The minimum Gasteiger partial charge on any atom is -0.497 e. The monoisotopic (exact) mass is 470 g/mol. The molecule has 0 bridgehead atoms. The number of nitrogens with zero attached hydrogens (tertiary/aromatic N) is 1. The van der Waals surface area contributed by atoms with Crippen molar-refractivity contribution in [1.82, 2.24) is 0 Å². The molecule has 7 heteroatoms. The number of hydrogen-bond acceptors (Lipinski definition) is 6. The number of rotatable bonds is 9. The van der Waals surface area contributed by atoms with Crippen molar-refractivity contribution in [2.45, 2.75) is 20.5 Å². The van der Waals surface area contributed by atoms with Crippen LogP contribution in [0.2, 0.25) is 0 Å². The van der Waals surface area contributed by atoms with E-state index in [1.807, 2.05) is 37.3 Å². The molecule has 178 valence electrons. The summed E-state index contributed by atoms with van der Waals surface area (Å²) >= 11 is 0. The lowest BCUT2D eigenvalue weighted by atomic mass is 10.1. The van der Waals surface area contributed by atoms with E-state index in [4.69, 9.17) is 14.2 Å². The van der Waals surface area contributed by atoms with Gasteiger partial charge in [-0.1, -0.05) is 29.8 Å². The molecule has 0 aliphatic heterocycles. The molecular weight excluding hydrogens is 444 g/mol. The maximum atomic E-state index is 12.8. The molecule has 35 heavy (non-hydrogen) atoms. The first kappa shape index (κ1) is 25.1. The summed E-state index contributed by atoms with van der Waals surface area (Å²) in [7, 11) is 1.55. The maximum Gasteiger partial charge on any atom is 0.338 e. The quantitative estimate of drug-likeness (QED) is 0.259. The molecular formula is C28H26N2O5. The lowest BCUT2D eigenvalue weighted by Gasteiger charge is -2.12. The van der Waals surface area contributed by atoms with Crippen LogP contribution in [0.25, 0.3) is 6.08 Å². The second-order valence-electron chi connectivity index (χ2n) is 7.60. The Morgan fingerprint density at radius 2 is 1.74 bits per heavy atom. The van der Waals surface area contributed by atoms with Crippen molar-refractivity contribution in [3.8, 4) is 17.6 Å². The molecule has 0 aromatic heterocycles. The van der Waals surface area contributed by atoms with Gasteiger partial charge in [-0.3, -0.25) is 4.79 Å². The molecule has 0 saturated heterocycles. The Morgan fingerprint density at radius 1 is 1.03 bits per heavy atom. The molecule has 7 nitrogen and oxygen atoms in total. The molecule has 1 N–H and O–H groups in total. The largest absolute Gasteiger partial charge is 0.497 e. The molecule has 0 aliphatic rings. The van der Waals surface area contributed by atoms with Crippen molar-refractivity contribution in [2.24, 2.45) is 0 Å². The van der Waals surface area contributed by atoms with Crippen LogP contribution >= 0.6 is 0 Å². The van der Waals surface area contributed by atoms with Crippen molar-refractivity contribution in [3.63, 3.8) is 0 Å². The van der Waals surface area contributed by atoms with Gasteiger partial charge in [0, 0.05) is 17.3 Å². The van der Waals surface area contributed by atoms with Crippen LogP contribution in [-0.4, -0.2) is 25.6 Å². The zero-order valence-electron chi connectivity index (χ0n) is 19.8. The van der Waals surface area contributed by atoms with Gasteiger partial charge in [0.25, 0.3) is 5.91 Å². The molecule has 0 atom stereocenters. The molecule has 0 unspecified atom stereocenters. The molecule has 0 heterocycles. The highest BCUT2D eigenvalue weighted by Crippen LogP contribution is 2.28. The lowest BCUT2D eigenvalue weighted by Crippen LogP contribution is -2.14. The Kier molecular flexibility index (Phi) is 8.63. The van der Waals surface area contributed by atoms with Crippen LogP contribution in [0.4, 0.5) is 5.69 Å². The number of carbonyl (C=O) groups is 2. The fourth-order valence-electron chi connectivity index (χ4n) is 3.14. The number of anilines is 1. The first-order valence-electron chi connectivity index (χ1n) is 11.0. The van der Waals surface area contributed by atoms with Crippen LogP contribution in [0.5, 0.6) is 11.5 Å². The summed E-state index contributed by atoms with van der Waals surface area (Å²) in [6, 6.07) is 21.3. The van der Waals surface area contributed by atoms with Gasteiger partial charge in [0.05, 0.1) is 19.3 Å². The summed E-state index contributed by atoms with van der Waals surface area (Å²) in [4.78, 5) is 24.5. The van der Waals surface area contributed by atoms with Crippen molar-refractivity contribution in [1.29, 1.82) is 5.26 Å². The summed E-state index contributed by atoms with van der Waals surface area (Å²) < 4.78 is 16.2. The highest BCUT2D eigenvalue weighted by molar-refractivity contribution is 6.10. The third-order valence-corrected chi connectivity index (χ3v) is 5.05. The number of amides is 1. The predicted octanol–water partition coefficient (Wildman–Crippen LogP) is 5.31. The molecule has 0 radical (unpaired) electrons. The number of carbonyl (C=O) groups excluding carboxylic acids is 2. The highest BCUT2D eigenvalue weighted by atomic mass is 16.5. The minimum absolute atomic E-state index is 0.107. The number of nitrogens with one attached hydrogen (secondary N) is 1. The average Bonchev–Trinajstić information content (AvgIpc) is 2.87. The van der Waals surface area contributed by atoms with Crippen molar-refractivity contribution in [3.05, 3.63) is 94.6 Å². The zero-order chi connectivity index (χ0) is 25.2. The van der Waals surface area contributed by atoms with E-state index in [9.17, 15) is 14.9 Å². The molecule has 3 rings (SSSR count). The van der Waals surface area contributed by atoms with Crippen molar-refractivity contribution in [2.75, 3.05) is 19.0 Å². The first-order chi connectivity index (χ1) is 16.9. The highest BCUT2D eigenvalue weighted by Gasteiger charge is 2.13. The molecule has 1 amide bonds. The summed E-state index contributed by atoms with van der Waals surface area (Å²) in [6.45, 7) is 4.33. The fraction of sp³-hybridized carbons (Fsp3) is 0.179. The lowest BCUT2D eigenvalue weighted by molar-refractivity contribution is -0.112. The Morgan fingerprint density at radius 3 is 2.37 bits per heavy atom. The molecule has 3 aromatic rings. The number of esters is 1. The summed E-state index contributed by atoms with van der Waals surface area (Å²) in [6.07, 6.45) is 1.46. The van der Waals surface area contributed by atoms with Gasteiger partial charge in [-0.05, 0) is 61.9 Å². The van der Waals surface area contributed by atoms with Gasteiger partial charge >= 0.3 is 5.97 Å².